The number of aromatic nitrogens is 1. The van der Waals surface area contributed by atoms with Gasteiger partial charge in [-0.2, -0.15) is 0 Å². The lowest BCUT2D eigenvalue weighted by Crippen LogP contribution is -2.02. The Hall–Kier alpha value is -1.56. The van der Waals surface area contributed by atoms with E-state index < -0.39 is 5.97 Å². The molecule has 0 aliphatic heterocycles. The molecule has 0 radical (unpaired) electrons. The molecule has 0 fully saturated rings. The Morgan fingerprint density at radius 3 is 2.75 bits per heavy atom. The molecule has 0 atom stereocenters. The number of hydrogen-bond donors (Lipinski definition) is 1. The van der Waals surface area contributed by atoms with E-state index in [1.54, 1.807) is 6.92 Å². The molecule has 6 nitrogen and oxygen atoms in total. The standard InChI is InChI=1S/C10H15NO5/c1-3-14-6-5-7-11-8(9(12)13)10(16-7)15-4-2/h3-6H2,1-2H3,(H,12,13). The Balaban J connectivity index is 2.72. The van der Waals surface area contributed by atoms with Crippen LogP contribution in [0, 0.1) is 0 Å². The van der Waals surface area contributed by atoms with Crippen molar-refractivity contribution in [3.8, 4) is 5.95 Å². The third-order valence-electron chi connectivity index (χ3n) is 1.78. The summed E-state index contributed by atoms with van der Waals surface area (Å²) in [4.78, 5) is 14.6. The van der Waals surface area contributed by atoms with Crippen LogP contribution in [0.1, 0.15) is 30.2 Å². The second-order valence-electron chi connectivity index (χ2n) is 2.93. The van der Waals surface area contributed by atoms with Crippen LogP contribution in [0.4, 0.5) is 0 Å². The van der Waals surface area contributed by atoms with Crippen molar-refractivity contribution in [2.45, 2.75) is 20.3 Å². The lowest BCUT2D eigenvalue weighted by molar-refractivity contribution is 0.0683. The number of rotatable bonds is 7. The van der Waals surface area contributed by atoms with Gasteiger partial charge in [-0.15, -0.1) is 0 Å². The molecule has 1 aromatic rings. The highest BCUT2D eigenvalue weighted by Crippen LogP contribution is 2.20. The molecule has 0 saturated heterocycles. The van der Waals surface area contributed by atoms with Crippen LogP contribution in [0.5, 0.6) is 5.95 Å². The van der Waals surface area contributed by atoms with Crippen molar-refractivity contribution in [1.29, 1.82) is 0 Å². The first kappa shape index (κ1) is 12.5. The second-order valence-corrected chi connectivity index (χ2v) is 2.93. The number of ether oxygens (including phenoxy) is 2. The molecule has 90 valence electrons. The number of aromatic carboxylic acids is 1. The minimum atomic E-state index is -1.16. The van der Waals surface area contributed by atoms with E-state index in [-0.39, 0.29) is 11.6 Å². The summed E-state index contributed by atoms with van der Waals surface area (Å²) in [7, 11) is 0. The van der Waals surface area contributed by atoms with Crippen LogP contribution in [0.15, 0.2) is 4.42 Å². The molecular weight excluding hydrogens is 214 g/mol. The van der Waals surface area contributed by atoms with Gasteiger partial charge in [0.1, 0.15) is 0 Å². The first-order chi connectivity index (χ1) is 7.69. The highest BCUT2D eigenvalue weighted by atomic mass is 16.6. The maximum Gasteiger partial charge on any atom is 0.362 e. The number of hydrogen-bond acceptors (Lipinski definition) is 5. The zero-order chi connectivity index (χ0) is 12.0. The molecule has 1 rings (SSSR count). The highest BCUT2D eigenvalue weighted by Gasteiger charge is 2.20. The van der Waals surface area contributed by atoms with E-state index in [1.165, 1.54) is 0 Å². The van der Waals surface area contributed by atoms with Crippen molar-refractivity contribution < 1.29 is 23.8 Å². The van der Waals surface area contributed by atoms with Crippen molar-refractivity contribution in [2.75, 3.05) is 19.8 Å². The Morgan fingerprint density at radius 1 is 1.44 bits per heavy atom. The zero-order valence-electron chi connectivity index (χ0n) is 9.36. The van der Waals surface area contributed by atoms with Crippen LogP contribution in [0.25, 0.3) is 0 Å². The van der Waals surface area contributed by atoms with Crippen LogP contribution in [-0.4, -0.2) is 35.9 Å². The van der Waals surface area contributed by atoms with Crippen LogP contribution >= 0.6 is 0 Å². The fourth-order valence-corrected chi connectivity index (χ4v) is 1.12. The summed E-state index contributed by atoms with van der Waals surface area (Å²) in [6, 6.07) is 0. The van der Waals surface area contributed by atoms with Gasteiger partial charge < -0.3 is 19.0 Å². The van der Waals surface area contributed by atoms with Crippen molar-refractivity contribution in [3.05, 3.63) is 11.6 Å². The maximum atomic E-state index is 10.8. The minimum absolute atomic E-state index is 0.0403. The van der Waals surface area contributed by atoms with E-state index in [9.17, 15) is 4.79 Å². The lowest BCUT2D eigenvalue weighted by Gasteiger charge is -1.97. The van der Waals surface area contributed by atoms with Gasteiger partial charge in [-0.05, 0) is 13.8 Å². The summed E-state index contributed by atoms with van der Waals surface area (Å²) in [6.45, 7) is 5.00. The number of nitrogens with zero attached hydrogens (tertiary/aromatic N) is 1. The summed E-state index contributed by atoms with van der Waals surface area (Å²) in [5.41, 5.74) is -0.187. The van der Waals surface area contributed by atoms with Gasteiger partial charge in [0.25, 0.3) is 0 Å². The molecule has 0 aliphatic rings. The summed E-state index contributed by atoms with van der Waals surface area (Å²) >= 11 is 0. The predicted octanol–water partition coefficient (Wildman–Crippen LogP) is 1.35. The van der Waals surface area contributed by atoms with Gasteiger partial charge in [0.2, 0.25) is 11.6 Å². The number of oxazole rings is 1. The van der Waals surface area contributed by atoms with Crippen LogP contribution < -0.4 is 4.74 Å². The number of carboxylic acid groups (broad SMARTS) is 1. The number of carboxylic acids is 1. The average molecular weight is 229 g/mol. The fourth-order valence-electron chi connectivity index (χ4n) is 1.12. The zero-order valence-corrected chi connectivity index (χ0v) is 9.36. The van der Waals surface area contributed by atoms with Crippen molar-refractivity contribution in [2.24, 2.45) is 0 Å². The van der Waals surface area contributed by atoms with E-state index in [0.29, 0.717) is 32.1 Å². The van der Waals surface area contributed by atoms with Crippen LogP contribution in [-0.2, 0) is 11.2 Å². The monoisotopic (exact) mass is 229 g/mol. The quantitative estimate of drug-likeness (QED) is 0.711. The summed E-state index contributed by atoms with van der Waals surface area (Å²) < 4.78 is 15.3. The Bertz CT molecular complexity index is 347. The first-order valence-corrected chi connectivity index (χ1v) is 5.12. The van der Waals surface area contributed by atoms with Crippen molar-refractivity contribution >= 4 is 5.97 Å². The molecule has 0 amide bonds. The molecule has 1 aromatic heterocycles. The van der Waals surface area contributed by atoms with Gasteiger partial charge in [-0.25, -0.2) is 9.78 Å². The van der Waals surface area contributed by atoms with Gasteiger partial charge in [0, 0.05) is 13.0 Å². The minimum Gasteiger partial charge on any atom is -0.476 e. The van der Waals surface area contributed by atoms with Crippen LogP contribution in [0.3, 0.4) is 0 Å². The van der Waals surface area contributed by atoms with Gasteiger partial charge in [0.15, 0.2) is 0 Å². The Morgan fingerprint density at radius 2 is 2.19 bits per heavy atom. The normalized spacial score (nSPS) is 10.4. The molecule has 0 bridgehead atoms. The molecule has 0 aromatic carbocycles. The smallest absolute Gasteiger partial charge is 0.362 e. The van der Waals surface area contributed by atoms with E-state index in [1.807, 2.05) is 6.92 Å². The van der Waals surface area contributed by atoms with E-state index in [0.717, 1.165) is 0 Å². The SMILES string of the molecule is CCOCCc1nc(C(=O)O)c(OCC)o1. The van der Waals surface area contributed by atoms with Gasteiger partial charge in [-0.3, -0.25) is 0 Å². The predicted molar refractivity (Wildman–Crippen MR) is 54.8 cm³/mol. The average Bonchev–Trinajstić information content (AvgIpc) is 2.62. The molecule has 0 spiro atoms. The molecule has 0 saturated carbocycles. The third-order valence-corrected chi connectivity index (χ3v) is 1.78. The molecule has 0 aliphatic carbocycles. The molecule has 1 N–H and O–H groups in total. The van der Waals surface area contributed by atoms with E-state index in [4.69, 9.17) is 19.0 Å². The third kappa shape index (κ3) is 3.23. The topological polar surface area (TPSA) is 81.8 Å². The molecule has 16 heavy (non-hydrogen) atoms. The van der Waals surface area contributed by atoms with E-state index in [2.05, 4.69) is 4.98 Å². The highest BCUT2D eigenvalue weighted by molar-refractivity contribution is 5.87. The summed E-state index contributed by atoms with van der Waals surface area (Å²) in [5.74, 6) is -0.884. The molecule has 1 heterocycles. The summed E-state index contributed by atoms with van der Waals surface area (Å²) in [5, 5.41) is 8.84. The van der Waals surface area contributed by atoms with Crippen LogP contribution in [0.2, 0.25) is 0 Å². The van der Waals surface area contributed by atoms with Gasteiger partial charge in [-0.1, -0.05) is 0 Å². The first-order valence-electron chi connectivity index (χ1n) is 5.12. The van der Waals surface area contributed by atoms with E-state index >= 15 is 0 Å². The Labute approximate surface area is 93.2 Å². The number of carbonyl (C=O) groups is 1. The van der Waals surface area contributed by atoms with Gasteiger partial charge in [0.05, 0.1) is 13.2 Å². The maximum absolute atomic E-state index is 10.8. The molecule has 0 unspecified atom stereocenters. The molecular formula is C10H15NO5. The largest absolute Gasteiger partial charge is 0.476 e. The van der Waals surface area contributed by atoms with Crippen molar-refractivity contribution in [3.63, 3.8) is 0 Å². The lowest BCUT2D eigenvalue weighted by atomic mass is 10.4. The molecule has 6 heteroatoms. The van der Waals surface area contributed by atoms with Crippen molar-refractivity contribution in [1.82, 2.24) is 4.98 Å². The fraction of sp³-hybridized carbons (Fsp3) is 0.600. The Kier molecular flexibility index (Phi) is 4.78. The second kappa shape index (κ2) is 6.12. The van der Waals surface area contributed by atoms with Gasteiger partial charge >= 0.3 is 11.9 Å². The summed E-state index contributed by atoms with van der Waals surface area (Å²) in [6.07, 6.45) is 0.432.